The highest BCUT2D eigenvalue weighted by Crippen LogP contribution is 2.41. The van der Waals surface area contributed by atoms with Crippen molar-refractivity contribution < 1.29 is 23.8 Å². The van der Waals surface area contributed by atoms with Gasteiger partial charge in [0.1, 0.15) is 11.5 Å². The molecule has 1 aromatic carbocycles. The third-order valence-corrected chi connectivity index (χ3v) is 8.46. The molecule has 1 unspecified atom stereocenters. The van der Waals surface area contributed by atoms with Crippen molar-refractivity contribution in [1.82, 2.24) is 25.3 Å². The molecule has 10 heteroatoms. The Kier molecular flexibility index (Phi) is 9.59. The lowest BCUT2D eigenvalue weighted by molar-refractivity contribution is -0.122. The SMILES string of the molecule is COc1cccc(OC)c1-c1cc(C(=O)NC(CCN2CCOCC2)CC(=O)NC2CCC2)nn1C1CCCC1. The van der Waals surface area contributed by atoms with Crippen LogP contribution < -0.4 is 20.1 Å². The highest BCUT2D eigenvalue weighted by molar-refractivity contribution is 5.94. The van der Waals surface area contributed by atoms with Crippen LogP contribution in [0.25, 0.3) is 11.3 Å². The van der Waals surface area contributed by atoms with Gasteiger partial charge >= 0.3 is 0 Å². The molecular weight excluding hydrogens is 510 g/mol. The molecule has 10 nitrogen and oxygen atoms in total. The summed E-state index contributed by atoms with van der Waals surface area (Å²) in [5.74, 6) is 1.06. The number of carbonyl (C=O) groups is 2. The first kappa shape index (κ1) is 28.4. The van der Waals surface area contributed by atoms with Gasteiger partial charge in [0.05, 0.1) is 44.7 Å². The number of morpholine rings is 1. The maximum atomic E-state index is 13.7. The summed E-state index contributed by atoms with van der Waals surface area (Å²) in [5.41, 5.74) is 1.93. The fourth-order valence-electron chi connectivity index (χ4n) is 5.93. The van der Waals surface area contributed by atoms with Gasteiger partial charge in [-0.25, -0.2) is 0 Å². The van der Waals surface area contributed by atoms with Crippen LogP contribution in [0.2, 0.25) is 0 Å². The van der Waals surface area contributed by atoms with Crippen molar-refractivity contribution in [2.45, 2.75) is 75.9 Å². The van der Waals surface area contributed by atoms with Crippen LogP contribution >= 0.6 is 0 Å². The molecule has 1 aromatic heterocycles. The number of aromatic nitrogens is 2. The zero-order valence-electron chi connectivity index (χ0n) is 23.8. The van der Waals surface area contributed by atoms with Gasteiger partial charge in [0, 0.05) is 38.1 Å². The molecule has 0 bridgehead atoms. The van der Waals surface area contributed by atoms with Gasteiger partial charge in [-0.3, -0.25) is 19.2 Å². The van der Waals surface area contributed by atoms with Crippen molar-refractivity contribution in [3.63, 3.8) is 0 Å². The van der Waals surface area contributed by atoms with Gasteiger partial charge in [-0.1, -0.05) is 18.9 Å². The molecular formula is C30H43N5O5. The summed E-state index contributed by atoms with van der Waals surface area (Å²) in [4.78, 5) is 28.9. The van der Waals surface area contributed by atoms with Crippen LogP contribution in [0.5, 0.6) is 11.5 Å². The summed E-state index contributed by atoms with van der Waals surface area (Å²) in [7, 11) is 3.27. The Hall–Kier alpha value is -3.11. The quantitative estimate of drug-likeness (QED) is 0.414. The van der Waals surface area contributed by atoms with Crippen molar-refractivity contribution in [2.24, 2.45) is 0 Å². The lowest BCUT2D eigenvalue weighted by Crippen LogP contribution is -2.46. The zero-order valence-corrected chi connectivity index (χ0v) is 23.8. The molecule has 218 valence electrons. The third kappa shape index (κ3) is 6.78. The first-order valence-corrected chi connectivity index (χ1v) is 14.8. The number of carbonyl (C=O) groups excluding carboxylic acids is 2. The molecule has 0 radical (unpaired) electrons. The largest absolute Gasteiger partial charge is 0.496 e. The molecule has 1 atom stereocenters. The Labute approximate surface area is 236 Å². The molecule has 2 heterocycles. The van der Waals surface area contributed by atoms with Crippen LogP contribution in [-0.4, -0.2) is 85.6 Å². The number of ether oxygens (including phenoxy) is 3. The number of amides is 2. The van der Waals surface area contributed by atoms with Crippen molar-refractivity contribution in [3.05, 3.63) is 30.0 Å². The lowest BCUT2D eigenvalue weighted by Gasteiger charge is -2.29. The van der Waals surface area contributed by atoms with Gasteiger partial charge in [-0.05, 0) is 56.7 Å². The van der Waals surface area contributed by atoms with E-state index in [4.69, 9.17) is 19.3 Å². The van der Waals surface area contributed by atoms with Gasteiger partial charge in [0.25, 0.3) is 5.91 Å². The van der Waals surface area contributed by atoms with E-state index in [-0.39, 0.29) is 36.4 Å². The predicted octanol–water partition coefficient (Wildman–Crippen LogP) is 3.56. The van der Waals surface area contributed by atoms with Crippen LogP contribution in [0.4, 0.5) is 0 Å². The van der Waals surface area contributed by atoms with Crippen molar-refractivity contribution in [2.75, 3.05) is 47.1 Å². The molecule has 1 saturated heterocycles. The third-order valence-electron chi connectivity index (χ3n) is 8.46. The van der Waals surface area contributed by atoms with Crippen LogP contribution in [0.15, 0.2) is 24.3 Å². The standard InChI is InChI=1S/C30H43N5O5/c1-38-26-11-6-12-27(39-2)29(26)25-20-24(33-35(25)23-9-3-4-10-23)30(37)32-22(13-14-34-15-17-40-18-16-34)19-28(36)31-21-7-5-8-21/h6,11-12,20-23H,3-5,7-10,13-19H2,1-2H3,(H,31,36)(H,32,37). The maximum Gasteiger partial charge on any atom is 0.272 e. The second-order valence-electron chi connectivity index (χ2n) is 11.1. The molecule has 0 spiro atoms. The van der Waals surface area contributed by atoms with Crippen molar-refractivity contribution in [3.8, 4) is 22.8 Å². The summed E-state index contributed by atoms with van der Waals surface area (Å²) < 4.78 is 18.8. The number of rotatable bonds is 12. The zero-order chi connectivity index (χ0) is 27.9. The summed E-state index contributed by atoms with van der Waals surface area (Å²) in [6.45, 7) is 3.96. The van der Waals surface area contributed by atoms with Crippen molar-refractivity contribution >= 4 is 11.8 Å². The molecule has 2 aliphatic carbocycles. The Bertz CT molecular complexity index is 1130. The molecule has 2 saturated carbocycles. The molecule has 2 N–H and O–H groups in total. The van der Waals surface area contributed by atoms with E-state index in [0.717, 1.165) is 75.8 Å². The smallest absolute Gasteiger partial charge is 0.272 e. The summed E-state index contributed by atoms with van der Waals surface area (Å²) in [6.07, 6.45) is 8.44. The van der Waals surface area contributed by atoms with E-state index in [1.165, 1.54) is 0 Å². The van der Waals surface area contributed by atoms with Gasteiger partial charge < -0.3 is 24.8 Å². The molecule has 40 heavy (non-hydrogen) atoms. The number of nitrogens with zero attached hydrogens (tertiary/aromatic N) is 3. The van der Waals surface area contributed by atoms with E-state index >= 15 is 0 Å². The number of benzene rings is 1. The Morgan fingerprint density at radius 1 is 1.05 bits per heavy atom. The maximum absolute atomic E-state index is 13.7. The first-order valence-electron chi connectivity index (χ1n) is 14.8. The first-order chi connectivity index (χ1) is 19.6. The average Bonchev–Trinajstić information content (AvgIpc) is 3.64. The van der Waals surface area contributed by atoms with E-state index in [9.17, 15) is 9.59 Å². The molecule has 5 rings (SSSR count). The topological polar surface area (TPSA) is 107 Å². The molecule has 1 aliphatic heterocycles. The number of methoxy groups -OCH3 is 2. The number of hydrogen-bond acceptors (Lipinski definition) is 7. The second-order valence-corrected chi connectivity index (χ2v) is 11.1. The van der Waals surface area contributed by atoms with Crippen LogP contribution in [0, 0.1) is 0 Å². The fourth-order valence-corrected chi connectivity index (χ4v) is 5.93. The fraction of sp³-hybridized carbons (Fsp3) is 0.633. The summed E-state index contributed by atoms with van der Waals surface area (Å²) >= 11 is 0. The molecule has 2 amide bonds. The van der Waals surface area contributed by atoms with Gasteiger partial charge in [-0.15, -0.1) is 0 Å². The van der Waals surface area contributed by atoms with E-state index < -0.39 is 0 Å². The van der Waals surface area contributed by atoms with Gasteiger partial charge in [-0.2, -0.15) is 5.10 Å². The van der Waals surface area contributed by atoms with E-state index in [2.05, 4.69) is 15.5 Å². The lowest BCUT2D eigenvalue weighted by atomic mass is 9.93. The highest BCUT2D eigenvalue weighted by atomic mass is 16.5. The van der Waals surface area contributed by atoms with Crippen LogP contribution in [0.3, 0.4) is 0 Å². The van der Waals surface area contributed by atoms with Crippen LogP contribution in [0.1, 0.15) is 74.3 Å². The number of nitrogens with one attached hydrogen (secondary N) is 2. The van der Waals surface area contributed by atoms with Crippen molar-refractivity contribution in [1.29, 1.82) is 0 Å². The average molecular weight is 554 g/mol. The normalized spacial score (nSPS) is 19.1. The minimum Gasteiger partial charge on any atom is -0.496 e. The Balaban J connectivity index is 1.37. The molecule has 3 fully saturated rings. The van der Waals surface area contributed by atoms with Gasteiger partial charge in [0.15, 0.2) is 5.69 Å². The molecule has 2 aromatic rings. The monoisotopic (exact) mass is 553 g/mol. The van der Waals surface area contributed by atoms with Gasteiger partial charge in [0.2, 0.25) is 5.91 Å². The minimum atomic E-state index is -0.295. The summed E-state index contributed by atoms with van der Waals surface area (Å²) in [6, 6.07) is 7.69. The number of hydrogen-bond donors (Lipinski definition) is 2. The minimum absolute atomic E-state index is 0.00657. The highest BCUT2D eigenvalue weighted by Gasteiger charge is 2.29. The van der Waals surface area contributed by atoms with E-state index in [1.54, 1.807) is 14.2 Å². The Morgan fingerprint density at radius 3 is 2.38 bits per heavy atom. The van der Waals surface area contributed by atoms with E-state index in [0.29, 0.717) is 36.8 Å². The summed E-state index contributed by atoms with van der Waals surface area (Å²) in [5, 5.41) is 11.1. The van der Waals surface area contributed by atoms with E-state index in [1.807, 2.05) is 28.9 Å². The second kappa shape index (κ2) is 13.5. The molecule has 3 aliphatic rings. The predicted molar refractivity (Wildman–Crippen MR) is 152 cm³/mol. The van der Waals surface area contributed by atoms with Crippen LogP contribution in [-0.2, 0) is 9.53 Å². The Morgan fingerprint density at radius 2 is 1.75 bits per heavy atom.